The number of imidazole rings is 1. The van der Waals surface area contributed by atoms with Crippen molar-refractivity contribution >= 4 is 22.8 Å². The highest BCUT2D eigenvalue weighted by molar-refractivity contribution is 5.79. The Hall–Kier alpha value is -3.15. The second kappa shape index (κ2) is 7.84. The third-order valence-electron chi connectivity index (χ3n) is 5.32. The van der Waals surface area contributed by atoms with E-state index in [1.165, 1.54) is 5.56 Å². The minimum Gasteiger partial charge on any atom is -0.356 e. The topological polar surface area (TPSA) is 78.1 Å². The summed E-state index contributed by atoms with van der Waals surface area (Å²) < 4.78 is 0. The second-order valence-corrected chi connectivity index (χ2v) is 7.18. The van der Waals surface area contributed by atoms with Gasteiger partial charge in [0, 0.05) is 26.4 Å². The van der Waals surface area contributed by atoms with Crippen molar-refractivity contribution in [1.29, 1.82) is 0 Å². The molecule has 0 spiro atoms. The lowest BCUT2D eigenvalue weighted by molar-refractivity contribution is -0.133. The Bertz CT molecular complexity index is 977. The highest BCUT2D eigenvalue weighted by Crippen LogP contribution is 2.32. The van der Waals surface area contributed by atoms with E-state index in [4.69, 9.17) is 0 Å². The molecule has 1 aliphatic rings. The number of carbonyl (C=O) groups excluding carboxylic acids is 2. The summed E-state index contributed by atoms with van der Waals surface area (Å²) in [6.45, 7) is 2.73. The third kappa shape index (κ3) is 3.76. The first-order chi connectivity index (χ1) is 13.6. The van der Waals surface area contributed by atoms with Crippen LogP contribution in [0.1, 0.15) is 36.3 Å². The first-order valence-corrected chi connectivity index (χ1v) is 9.67. The number of nitrogens with zero attached hydrogens (tertiary/aromatic N) is 2. The fourth-order valence-corrected chi connectivity index (χ4v) is 3.94. The number of hydrogen-bond acceptors (Lipinski definition) is 3. The molecule has 3 aromatic rings. The maximum atomic E-state index is 12.6. The molecule has 1 aromatic heterocycles. The molecule has 0 saturated carbocycles. The van der Waals surface area contributed by atoms with Crippen LogP contribution in [0.2, 0.25) is 0 Å². The van der Waals surface area contributed by atoms with Gasteiger partial charge in [-0.1, -0.05) is 36.4 Å². The van der Waals surface area contributed by atoms with Gasteiger partial charge in [0.25, 0.3) is 0 Å². The number of para-hydroxylation sites is 2. The summed E-state index contributed by atoms with van der Waals surface area (Å²) in [6.07, 6.45) is 1.74. The molecule has 6 nitrogen and oxygen atoms in total. The quantitative estimate of drug-likeness (QED) is 0.719. The summed E-state index contributed by atoms with van der Waals surface area (Å²) in [5, 5.41) is 2.98. The second-order valence-electron chi connectivity index (χ2n) is 7.18. The van der Waals surface area contributed by atoms with Crippen LogP contribution in [0, 0.1) is 0 Å². The molecule has 6 heteroatoms. The number of aromatic nitrogens is 2. The molecule has 1 aliphatic heterocycles. The van der Waals surface area contributed by atoms with Crippen LogP contribution in [0.5, 0.6) is 0 Å². The molecule has 2 heterocycles. The molecule has 0 fully saturated rings. The highest BCUT2D eigenvalue weighted by atomic mass is 16.2. The van der Waals surface area contributed by atoms with E-state index in [2.05, 4.69) is 21.4 Å². The van der Waals surface area contributed by atoms with Crippen LogP contribution in [-0.4, -0.2) is 39.8 Å². The zero-order valence-corrected chi connectivity index (χ0v) is 15.9. The maximum Gasteiger partial charge on any atom is 0.222 e. The zero-order chi connectivity index (χ0) is 19.5. The number of fused-ring (bicyclic) bond motifs is 2. The van der Waals surface area contributed by atoms with Crippen molar-refractivity contribution in [2.45, 2.75) is 32.2 Å². The first kappa shape index (κ1) is 18.2. The van der Waals surface area contributed by atoms with Gasteiger partial charge in [0.15, 0.2) is 0 Å². The first-order valence-electron chi connectivity index (χ1n) is 9.67. The molecule has 0 bridgehead atoms. The lowest BCUT2D eigenvalue weighted by Gasteiger charge is -2.36. The van der Waals surface area contributed by atoms with Crippen LogP contribution in [0.15, 0.2) is 48.5 Å². The van der Waals surface area contributed by atoms with Gasteiger partial charge in [-0.25, -0.2) is 4.98 Å². The minimum absolute atomic E-state index is 0.00887. The Kier molecular flexibility index (Phi) is 5.10. The Labute approximate surface area is 164 Å². The van der Waals surface area contributed by atoms with E-state index in [1.807, 2.05) is 42.5 Å². The van der Waals surface area contributed by atoms with Crippen molar-refractivity contribution in [1.82, 2.24) is 20.2 Å². The van der Waals surface area contributed by atoms with Gasteiger partial charge in [-0.05, 0) is 29.7 Å². The Morgan fingerprint density at radius 3 is 2.79 bits per heavy atom. The zero-order valence-electron chi connectivity index (χ0n) is 15.9. The summed E-state index contributed by atoms with van der Waals surface area (Å²) in [6, 6.07) is 15.8. The number of rotatable bonds is 5. The van der Waals surface area contributed by atoms with Crippen LogP contribution < -0.4 is 5.32 Å². The summed E-state index contributed by atoms with van der Waals surface area (Å²) in [7, 11) is 0. The summed E-state index contributed by atoms with van der Waals surface area (Å²) >= 11 is 0. The van der Waals surface area contributed by atoms with Crippen molar-refractivity contribution in [2.75, 3.05) is 13.1 Å². The molecular formula is C22H24N4O2. The van der Waals surface area contributed by atoms with E-state index < -0.39 is 0 Å². The van der Waals surface area contributed by atoms with Gasteiger partial charge in [0.05, 0.1) is 23.5 Å². The van der Waals surface area contributed by atoms with E-state index in [0.29, 0.717) is 19.5 Å². The van der Waals surface area contributed by atoms with Crippen LogP contribution >= 0.6 is 0 Å². The van der Waals surface area contributed by atoms with Crippen molar-refractivity contribution in [3.8, 4) is 0 Å². The number of hydrogen-bond donors (Lipinski definition) is 2. The van der Waals surface area contributed by atoms with Crippen molar-refractivity contribution in [2.24, 2.45) is 0 Å². The van der Waals surface area contributed by atoms with Crippen molar-refractivity contribution in [3.05, 3.63) is 65.5 Å². The monoisotopic (exact) mass is 376 g/mol. The molecule has 0 aliphatic carbocycles. The van der Waals surface area contributed by atoms with E-state index in [9.17, 15) is 9.59 Å². The smallest absolute Gasteiger partial charge is 0.222 e. The number of nitrogens with one attached hydrogen (secondary N) is 2. The van der Waals surface area contributed by atoms with Gasteiger partial charge < -0.3 is 15.2 Å². The van der Waals surface area contributed by atoms with Gasteiger partial charge in [-0.2, -0.15) is 0 Å². The van der Waals surface area contributed by atoms with Crippen molar-refractivity contribution < 1.29 is 9.59 Å². The van der Waals surface area contributed by atoms with Gasteiger partial charge in [0.1, 0.15) is 5.82 Å². The number of amides is 2. The third-order valence-corrected chi connectivity index (χ3v) is 5.32. The molecule has 2 N–H and O–H groups in total. The van der Waals surface area contributed by atoms with E-state index >= 15 is 0 Å². The molecule has 2 amide bonds. The van der Waals surface area contributed by atoms with Crippen LogP contribution in [0.4, 0.5) is 0 Å². The molecule has 2 aromatic carbocycles. The molecule has 0 radical (unpaired) electrons. The van der Waals surface area contributed by atoms with Crippen LogP contribution in [0.25, 0.3) is 11.0 Å². The lowest BCUT2D eigenvalue weighted by atomic mass is 9.90. The molecule has 28 heavy (non-hydrogen) atoms. The number of H-pyrrole nitrogens is 1. The van der Waals surface area contributed by atoms with E-state index in [1.54, 1.807) is 11.8 Å². The number of carbonyl (C=O) groups is 2. The predicted molar refractivity (Wildman–Crippen MR) is 108 cm³/mol. The average molecular weight is 376 g/mol. The van der Waals surface area contributed by atoms with Gasteiger partial charge in [-0.3, -0.25) is 9.59 Å². The predicted octanol–water partition coefficient (Wildman–Crippen LogP) is 2.76. The maximum absolute atomic E-state index is 12.6. The summed E-state index contributed by atoms with van der Waals surface area (Å²) in [4.78, 5) is 34.2. The Morgan fingerprint density at radius 2 is 1.96 bits per heavy atom. The van der Waals surface area contributed by atoms with E-state index in [-0.39, 0.29) is 24.3 Å². The van der Waals surface area contributed by atoms with E-state index in [0.717, 1.165) is 28.8 Å². The van der Waals surface area contributed by atoms with Crippen LogP contribution in [0.3, 0.4) is 0 Å². The van der Waals surface area contributed by atoms with Gasteiger partial charge in [-0.15, -0.1) is 0 Å². The SMILES string of the molecule is CC(=O)N1CCc2ccccc2C1CC(=O)NCCc1nc2ccccc2[nH]1. The van der Waals surface area contributed by atoms with Crippen LogP contribution in [-0.2, 0) is 22.4 Å². The standard InChI is InChI=1S/C22H24N4O2/c1-15(27)26-13-11-16-6-2-3-7-17(16)20(26)14-22(28)23-12-10-21-24-18-8-4-5-9-19(18)25-21/h2-9,20H,10-14H2,1H3,(H,23,28)(H,24,25). The van der Waals surface area contributed by atoms with Gasteiger partial charge in [0.2, 0.25) is 11.8 Å². The number of benzene rings is 2. The molecule has 0 saturated heterocycles. The Balaban J connectivity index is 1.38. The van der Waals surface area contributed by atoms with Crippen molar-refractivity contribution in [3.63, 3.8) is 0 Å². The summed E-state index contributed by atoms with van der Waals surface area (Å²) in [5.41, 5.74) is 4.23. The average Bonchev–Trinajstić information content (AvgIpc) is 3.10. The fourth-order valence-electron chi connectivity index (χ4n) is 3.94. The molecule has 144 valence electrons. The Morgan fingerprint density at radius 1 is 1.18 bits per heavy atom. The highest BCUT2D eigenvalue weighted by Gasteiger charge is 2.30. The summed E-state index contributed by atoms with van der Waals surface area (Å²) in [5.74, 6) is 0.813. The molecule has 4 rings (SSSR count). The fraction of sp³-hybridized carbons (Fsp3) is 0.318. The number of aromatic amines is 1. The normalized spacial score (nSPS) is 16.0. The largest absolute Gasteiger partial charge is 0.356 e. The molecular weight excluding hydrogens is 352 g/mol. The lowest BCUT2D eigenvalue weighted by Crippen LogP contribution is -2.41. The minimum atomic E-state index is -0.200. The molecule has 1 unspecified atom stereocenters. The molecule has 1 atom stereocenters. The van der Waals surface area contributed by atoms with Gasteiger partial charge >= 0.3 is 0 Å².